The number of aliphatic hydroxyl groups is 1. The van der Waals surface area contributed by atoms with Crippen molar-refractivity contribution in [1.82, 2.24) is 4.90 Å². The van der Waals surface area contributed by atoms with Crippen molar-refractivity contribution in [1.29, 1.82) is 0 Å². The molecule has 3 nitrogen and oxygen atoms in total. The molecule has 146 valence electrons. The molecule has 5 fully saturated rings. The molecule has 5 aliphatic rings. The Hall–Kier alpha value is -1.87. The second kappa shape index (κ2) is 5.38. The molecule has 2 aromatic rings. The van der Waals surface area contributed by atoms with Crippen LogP contribution in [-0.2, 0) is 4.79 Å². The van der Waals surface area contributed by atoms with Crippen LogP contribution in [0.3, 0.4) is 0 Å². The van der Waals surface area contributed by atoms with Crippen LogP contribution in [0.25, 0.3) is 10.8 Å². The minimum atomic E-state index is -0.453. The zero-order valence-electron chi connectivity index (χ0n) is 16.8. The summed E-state index contributed by atoms with van der Waals surface area (Å²) in [6.07, 6.45) is 5.14. The molecule has 1 saturated heterocycles. The Morgan fingerprint density at radius 1 is 0.964 bits per heavy atom. The number of rotatable bonds is 2. The van der Waals surface area contributed by atoms with Crippen LogP contribution in [-0.4, -0.2) is 27.6 Å². The molecule has 1 aliphatic heterocycles. The topological polar surface area (TPSA) is 40.5 Å². The summed E-state index contributed by atoms with van der Waals surface area (Å²) in [6.45, 7) is 4.23. The van der Waals surface area contributed by atoms with Gasteiger partial charge < -0.3 is 10.0 Å². The zero-order chi connectivity index (χ0) is 19.3. The highest BCUT2D eigenvalue weighted by Crippen LogP contribution is 2.62. The Labute approximate surface area is 166 Å². The maximum atomic E-state index is 13.4. The Balaban J connectivity index is 1.44. The fourth-order valence-electron chi connectivity index (χ4n) is 7.59. The van der Waals surface area contributed by atoms with Crippen molar-refractivity contribution in [2.24, 2.45) is 23.2 Å². The first kappa shape index (κ1) is 17.0. The van der Waals surface area contributed by atoms with Crippen LogP contribution in [0.4, 0.5) is 0 Å². The van der Waals surface area contributed by atoms with Crippen molar-refractivity contribution in [3.63, 3.8) is 0 Å². The third kappa shape index (κ3) is 2.11. The molecule has 4 bridgehead atoms. The van der Waals surface area contributed by atoms with Crippen molar-refractivity contribution in [2.45, 2.75) is 63.6 Å². The van der Waals surface area contributed by atoms with Gasteiger partial charge in [0.1, 0.15) is 0 Å². The molecule has 1 N–H and O–H groups in total. The van der Waals surface area contributed by atoms with Crippen molar-refractivity contribution >= 4 is 16.7 Å². The predicted octanol–water partition coefficient (Wildman–Crippen LogP) is 4.69. The monoisotopic (exact) mass is 375 g/mol. The maximum absolute atomic E-state index is 13.4. The molecule has 2 aromatic carbocycles. The van der Waals surface area contributed by atoms with Gasteiger partial charge in [0.05, 0.1) is 17.1 Å². The quantitative estimate of drug-likeness (QED) is 0.774. The molecule has 3 unspecified atom stereocenters. The fraction of sp³-hybridized carbons (Fsp3) is 0.560. The lowest BCUT2D eigenvalue weighted by Gasteiger charge is -2.66. The first-order valence-corrected chi connectivity index (χ1v) is 10.9. The van der Waals surface area contributed by atoms with E-state index in [0.717, 1.165) is 19.3 Å². The SMILES string of the molecule is CC1(C)C(=O)N([C@H]2C3CC4CC2C[C@](O)(C4)C3)C1c1cccc2ccccc12. The number of fused-ring (bicyclic) bond motifs is 1. The second-order valence-electron chi connectivity index (χ2n) is 10.6. The van der Waals surface area contributed by atoms with E-state index in [-0.39, 0.29) is 11.5 Å². The summed E-state index contributed by atoms with van der Waals surface area (Å²) in [5, 5.41) is 13.5. The van der Waals surface area contributed by atoms with Crippen molar-refractivity contribution < 1.29 is 9.90 Å². The van der Waals surface area contributed by atoms with Gasteiger partial charge in [-0.15, -0.1) is 0 Å². The molecule has 1 amide bonds. The van der Waals surface area contributed by atoms with Gasteiger partial charge in [-0.2, -0.15) is 0 Å². The lowest BCUT2D eigenvalue weighted by molar-refractivity contribution is -0.208. The Morgan fingerprint density at radius 3 is 2.36 bits per heavy atom. The van der Waals surface area contributed by atoms with E-state index in [1.807, 2.05) is 0 Å². The molecule has 4 saturated carbocycles. The van der Waals surface area contributed by atoms with Gasteiger partial charge in [0.15, 0.2) is 0 Å². The third-order valence-corrected chi connectivity index (χ3v) is 8.38. The van der Waals surface area contributed by atoms with E-state index in [9.17, 15) is 9.90 Å². The van der Waals surface area contributed by atoms with Gasteiger partial charge in [-0.3, -0.25) is 4.79 Å². The highest BCUT2D eigenvalue weighted by Gasteiger charge is 2.64. The van der Waals surface area contributed by atoms with Gasteiger partial charge >= 0.3 is 0 Å². The number of amides is 1. The first-order valence-electron chi connectivity index (χ1n) is 10.9. The number of benzene rings is 2. The highest BCUT2D eigenvalue weighted by molar-refractivity contribution is 5.94. The Bertz CT molecular complexity index is 958. The summed E-state index contributed by atoms with van der Waals surface area (Å²) in [5.41, 5.74) is 0.469. The van der Waals surface area contributed by atoms with E-state index in [4.69, 9.17) is 0 Å². The number of hydrogen-bond acceptors (Lipinski definition) is 2. The molecule has 28 heavy (non-hydrogen) atoms. The molecule has 3 atom stereocenters. The molecular formula is C25H29NO2. The average Bonchev–Trinajstić information content (AvgIpc) is 2.65. The number of β-lactam (4-membered cyclic amide) rings is 1. The largest absolute Gasteiger partial charge is 0.390 e. The number of hydrogen-bond donors (Lipinski definition) is 1. The molecule has 0 spiro atoms. The van der Waals surface area contributed by atoms with Gasteiger partial charge in [0, 0.05) is 6.04 Å². The Kier molecular flexibility index (Phi) is 3.27. The van der Waals surface area contributed by atoms with E-state index in [0.29, 0.717) is 29.7 Å². The number of likely N-dealkylation sites (tertiary alicyclic amines) is 1. The second-order valence-corrected chi connectivity index (χ2v) is 10.6. The van der Waals surface area contributed by atoms with Crippen LogP contribution in [0.1, 0.15) is 57.6 Å². The lowest BCUT2D eigenvalue weighted by Crippen LogP contribution is -2.71. The summed E-state index contributed by atoms with van der Waals surface area (Å²) >= 11 is 0. The van der Waals surface area contributed by atoms with E-state index in [2.05, 4.69) is 61.2 Å². The molecule has 4 aliphatic carbocycles. The molecule has 7 rings (SSSR count). The van der Waals surface area contributed by atoms with Crippen molar-refractivity contribution in [3.05, 3.63) is 48.0 Å². The number of carbonyl (C=O) groups excluding carboxylic acids is 1. The smallest absolute Gasteiger partial charge is 0.231 e. The van der Waals surface area contributed by atoms with Gasteiger partial charge in [-0.1, -0.05) is 42.5 Å². The third-order valence-electron chi connectivity index (χ3n) is 8.38. The summed E-state index contributed by atoms with van der Waals surface area (Å²) in [4.78, 5) is 15.6. The van der Waals surface area contributed by atoms with Crippen LogP contribution < -0.4 is 0 Å². The highest BCUT2D eigenvalue weighted by atomic mass is 16.3. The number of nitrogens with zero attached hydrogens (tertiary/aromatic N) is 1. The van der Waals surface area contributed by atoms with Crippen LogP contribution >= 0.6 is 0 Å². The van der Waals surface area contributed by atoms with E-state index >= 15 is 0 Å². The minimum Gasteiger partial charge on any atom is -0.390 e. The van der Waals surface area contributed by atoms with Gasteiger partial charge in [0.25, 0.3) is 0 Å². The normalized spacial score (nSPS) is 40.8. The fourth-order valence-corrected chi connectivity index (χ4v) is 7.59. The summed E-state index contributed by atoms with van der Waals surface area (Å²) in [6, 6.07) is 15.5. The zero-order valence-corrected chi connectivity index (χ0v) is 16.8. The van der Waals surface area contributed by atoms with Crippen LogP contribution in [0.2, 0.25) is 0 Å². The standard InChI is InChI=1S/C25H29NO2/c1-24(2)22(20-9-5-7-16-6-3-4-8-19(16)20)26(23(24)27)21-17-10-15-11-18(21)14-25(28,12-15)13-17/h3-9,15,17-18,21-22,28H,10-14H2,1-2H3/t15?,17?,18?,21-,22?,25-. The van der Waals surface area contributed by atoms with Gasteiger partial charge in [-0.25, -0.2) is 0 Å². The number of carbonyl (C=O) groups is 1. The average molecular weight is 376 g/mol. The van der Waals surface area contributed by atoms with E-state index in [1.54, 1.807) is 0 Å². The molecule has 3 heteroatoms. The van der Waals surface area contributed by atoms with Crippen molar-refractivity contribution in [3.8, 4) is 0 Å². The Morgan fingerprint density at radius 2 is 1.64 bits per heavy atom. The predicted molar refractivity (Wildman–Crippen MR) is 110 cm³/mol. The summed E-state index contributed by atoms with van der Waals surface area (Å²) < 4.78 is 0. The van der Waals surface area contributed by atoms with Gasteiger partial charge in [0.2, 0.25) is 5.91 Å². The summed E-state index contributed by atoms with van der Waals surface area (Å²) in [5.74, 6) is 1.90. The first-order chi connectivity index (χ1) is 13.4. The lowest BCUT2D eigenvalue weighted by atomic mass is 9.50. The summed E-state index contributed by atoms with van der Waals surface area (Å²) in [7, 11) is 0. The van der Waals surface area contributed by atoms with Crippen molar-refractivity contribution in [2.75, 3.05) is 0 Å². The van der Waals surface area contributed by atoms with E-state index < -0.39 is 5.60 Å². The molecule has 0 radical (unpaired) electrons. The minimum absolute atomic E-state index is 0.128. The van der Waals surface area contributed by atoms with Crippen LogP contribution in [0.5, 0.6) is 0 Å². The van der Waals surface area contributed by atoms with Crippen LogP contribution in [0.15, 0.2) is 42.5 Å². The maximum Gasteiger partial charge on any atom is 0.231 e. The molecule has 1 heterocycles. The van der Waals surface area contributed by atoms with E-state index in [1.165, 1.54) is 29.2 Å². The molecule has 0 aromatic heterocycles. The van der Waals surface area contributed by atoms with Crippen LogP contribution in [0, 0.1) is 23.2 Å². The molecular weight excluding hydrogens is 346 g/mol. The van der Waals surface area contributed by atoms with Gasteiger partial charge in [-0.05, 0) is 80.0 Å².